The number of anilines is 5. The number of likely N-dealkylation sites (N-methyl/N-ethyl adjacent to an activating group) is 1. The molecule has 2 aromatic carbocycles. The lowest BCUT2D eigenvalue weighted by Gasteiger charge is -2.37. The summed E-state index contributed by atoms with van der Waals surface area (Å²) in [6.07, 6.45) is 4.62. The molecule has 10 nitrogen and oxygen atoms in total. The number of rotatable bonds is 9. The molecule has 0 radical (unpaired) electrons. The van der Waals surface area contributed by atoms with Crippen LogP contribution >= 0.6 is 0 Å². The van der Waals surface area contributed by atoms with E-state index in [4.69, 9.17) is 9.72 Å². The Balaban J connectivity index is 1.43. The number of hydrogen-bond donors (Lipinski definition) is 1. The maximum absolute atomic E-state index is 13.7. The number of urea groups is 1. The number of carbonyl (C=O) groups is 2. The van der Waals surface area contributed by atoms with Crippen LogP contribution in [0, 0.1) is 13.8 Å². The van der Waals surface area contributed by atoms with Crippen LogP contribution in [0.3, 0.4) is 0 Å². The molecule has 2 aliphatic heterocycles. The predicted octanol–water partition coefficient (Wildman–Crippen LogP) is 4.95. The molecule has 1 fully saturated rings. The smallest absolute Gasteiger partial charge is 0.330 e. The van der Waals surface area contributed by atoms with Crippen LogP contribution in [0.2, 0.25) is 0 Å². The van der Waals surface area contributed by atoms with E-state index in [2.05, 4.69) is 40.3 Å². The first-order chi connectivity index (χ1) is 20.3. The van der Waals surface area contributed by atoms with Gasteiger partial charge in [0.15, 0.2) is 0 Å². The zero-order valence-electron chi connectivity index (χ0n) is 24.5. The Bertz CT molecular complexity index is 1490. The van der Waals surface area contributed by atoms with Crippen LogP contribution in [0.15, 0.2) is 67.9 Å². The molecule has 0 spiro atoms. The van der Waals surface area contributed by atoms with Crippen LogP contribution in [0.1, 0.15) is 22.3 Å². The number of aryl methyl sites for hydroxylation is 2. The monoisotopic (exact) mass is 567 g/mol. The minimum atomic E-state index is -0.474. The average molecular weight is 568 g/mol. The number of aromatic nitrogens is 2. The number of nitrogens with one attached hydrogen (secondary N) is 1. The highest BCUT2D eigenvalue weighted by molar-refractivity contribution is 6.06. The Morgan fingerprint density at radius 1 is 1.10 bits per heavy atom. The minimum Gasteiger partial charge on any atom is -0.458 e. The lowest BCUT2D eigenvalue weighted by atomic mass is 10.1. The van der Waals surface area contributed by atoms with E-state index in [0.717, 1.165) is 71.6 Å². The van der Waals surface area contributed by atoms with Gasteiger partial charge in [0.1, 0.15) is 12.4 Å². The first-order valence-electron chi connectivity index (χ1n) is 14.0. The lowest BCUT2D eigenvalue weighted by molar-refractivity contribution is -0.138. The third-order valence-electron chi connectivity index (χ3n) is 7.62. The molecule has 0 unspecified atom stereocenters. The summed E-state index contributed by atoms with van der Waals surface area (Å²) in [5.74, 6) is 0.434. The molecule has 0 aliphatic carbocycles. The van der Waals surface area contributed by atoms with E-state index in [1.54, 1.807) is 22.1 Å². The van der Waals surface area contributed by atoms with Crippen molar-refractivity contribution >= 4 is 40.8 Å². The SMILES string of the molecule is C=CCN1C(=O)N(c2c(C)cccc2C)Cc2cnc(Nc3ccc(N4CCN(C)CC4)c(COC(=O)C=C)c3)nc21. The number of carbonyl (C=O) groups excluding carboxylic acids is 2. The zero-order chi connectivity index (χ0) is 29.8. The summed E-state index contributed by atoms with van der Waals surface area (Å²) in [6.45, 7) is 15.8. The Morgan fingerprint density at radius 3 is 2.52 bits per heavy atom. The van der Waals surface area contributed by atoms with Gasteiger partial charge in [-0.2, -0.15) is 4.98 Å². The van der Waals surface area contributed by atoms with Crippen molar-refractivity contribution in [1.29, 1.82) is 0 Å². The highest BCUT2D eigenvalue weighted by Crippen LogP contribution is 2.35. The van der Waals surface area contributed by atoms with Crippen LogP contribution in [0.25, 0.3) is 0 Å². The van der Waals surface area contributed by atoms with E-state index in [-0.39, 0.29) is 12.6 Å². The predicted molar refractivity (Wildman–Crippen MR) is 166 cm³/mol. The number of fused-ring (bicyclic) bond motifs is 1. The molecule has 3 heterocycles. The van der Waals surface area contributed by atoms with E-state index in [1.807, 2.05) is 50.2 Å². The molecule has 2 aliphatic rings. The molecular weight excluding hydrogens is 530 g/mol. The molecule has 0 bridgehead atoms. The van der Waals surface area contributed by atoms with Crippen molar-refractivity contribution in [3.05, 3.63) is 90.2 Å². The van der Waals surface area contributed by atoms with Gasteiger partial charge in [-0.25, -0.2) is 14.6 Å². The van der Waals surface area contributed by atoms with Crippen molar-refractivity contribution < 1.29 is 14.3 Å². The Kier molecular flexibility index (Phi) is 8.53. The van der Waals surface area contributed by atoms with Crippen LogP contribution in [-0.2, 0) is 22.7 Å². The first-order valence-corrected chi connectivity index (χ1v) is 14.0. The normalized spacial score (nSPS) is 15.3. The van der Waals surface area contributed by atoms with Crippen LogP contribution < -0.4 is 20.0 Å². The molecule has 10 heteroatoms. The molecule has 3 aromatic rings. The number of para-hydroxylation sites is 1. The third kappa shape index (κ3) is 5.99. The quantitative estimate of drug-likeness (QED) is 0.221. The standard InChI is InChI=1S/C32H37N7O3/c1-6-13-38-30-25(20-39(32(38)41)29-22(3)9-8-10-23(29)4)19-33-31(35-30)34-26-11-12-27(37-16-14-36(5)15-17-37)24(18-26)21-42-28(40)7-2/h6-12,18-19H,1-2,13-17,20-21H2,3-5H3,(H,33,34,35). The second-order valence-electron chi connectivity index (χ2n) is 10.6. The third-order valence-corrected chi connectivity index (χ3v) is 7.62. The Hall–Kier alpha value is -4.70. The molecule has 1 aromatic heterocycles. The summed E-state index contributed by atoms with van der Waals surface area (Å²) in [4.78, 5) is 42.9. The molecule has 218 valence electrons. The van der Waals surface area contributed by atoms with Crippen LogP contribution in [0.4, 0.5) is 33.6 Å². The number of amides is 2. The summed E-state index contributed by atoms with van der Waals surface area (Å²) in [5.41, 5.74) is 6.42. The van der Waals surface area contributed by atoms with E-state index in [1.165, 1.54) is 0 Å². The van der Waals surface area contributed by atoms with Crippen molar-refractivity contribution in [3.63, 3.8) is 0 Å². The molecule has 1 saturated heterocycles. The molecule has 0 atom stereocenters. The Morgan fingerprint density at radius 2 is 1.83 bits per heavy atom. The highest BCUT2D eigenvalue weighted by atomic mass is 16.5. The van der Waals surface area contributed by atoms with E-state index < -0.39 is 5.97 Å². The summed E-state index contributed by atoms with van der Waals surface area (Å²) in [7, 11) is 2.11. The summed E-state index contributed by atoms with van der Waals surface area (Å²) in [6, 6.07) is 11.8. The maximum Gasteiger partial charge on any atom is 0.330 e. The minimum absolute atomic E-state index is 0.114. The molecule has 5 rings (SSSR count). The second kappa shape index (κ2) is 12.4. The van der Waals surface area contributed by atoms with Crippen molar-refractivity contribution in [3.8, 4) is 0 Å². The summed E-state index contributed by atoms with van der Waals surface area (Å²) in [5, 5.41) is 3.28. The van der Waals surface area contributed by atoms with Gasteiger partial charge in [-0.3, -0.25) is 9.80 Å². The largest absolute Gasteiger partial charge is 0.458 e. The fraction of sp³-hybridized carbons (Fsp3) is 0.312. The van der Waals surface area contributed by atoms with Gasteiger partial charge >= 0.3 is 12.0 Å². The summed E-state index contributed by atoms with van der Waals surface area (Å²) >= 11 is 0. The van der Waals surface area contributed by atoms with Gasteiger partial charge in [-0.15, -0.1) is 6.58 Å². The first kappa shape index (κ1) is 28.8. The Labute approximate surface area is 246 Å². The number of benzene rings is 2. The second-order valence-corrected chi connectivity index (χ2v) is 10.6. The average Bonchev–Trinajstić information content (AvgIpc) is 2.98. The topological polar surface area (TPSA) is 94.1 Å². The van der Waals surface area contributed by atoms with Gasteiger partial charge in [-0.05, 0) is 50.2 Å². The van der Waals surface area contributed by atoms with Crippen molar-refractivity contribution in [1.82, 2.24) is 14.9 Å². The number of ether oxygens (including phenoxy) is 1. The van der Waals surface area contributed by atoms with Crippen molar-refractivity contribution in [2.24, 2.45) is 0 Å². The van der Waals surface area contributed by atoms with Gasteiger partial charge in [0, 0.05) is 67.5 Å². The van der Waals surface area contributed by atoms with Crippen LogP contribution in [-0.4, -0.2) is 66.6 Å². The van der Waals surface area contributed by atoms with Gasteiger partial charge in [0.25, 0.3) is 0 Å². The van der Waals surface area contributed by atoms with Crippen molar-refractivity contribution in [2.75, 3.05) is 59.8 Å². The zero-order valence-corrected chi connectivity index (χ0v) is 24.5. The molecule has 42 heavy (non-hydrogen) atoms. The number of nitrogens with zero attached hydrogens (tertiary/aromatic N) is 6. The van der Waals surface area contributed by atoms with Gasteiger partial charge < -0.3 is 19.9 Å². The number of esters is 1. The molecule has 2 amide bonds. The molecule has 1 N–H and O–H groups in total. The summed E-state index contributed by atoms with van der Waals surface area (Å²) < 4.78 is 5.41. The number of hydrogen-bond acceptors (Lipinski definition) is 8. The molecule has 0 saturated carbocycles. The maximum atomic E-state index is 13.7. The highest BCUT2D eigenvalue weighted by Gasteiger charge is 2.33. The fourth-order valence-electron chi connectivity index (χ4n) is 5.45. The van der Waals surface area contributed by atoms with Crippen molar-refractivity contribution in [2.45, 2.75) is 27.0 Å². The van der Waals surface area contributed by atoms with Gasteiger partial charge in [0.2, 0.25) is 5.95 Å². The van der Waals surface area contributed by atoms with E-state index >= 15 is 0 Å². The number of piperazine rings is 1. The van der Waals surface area contributed by atoms with E-state index in [0.29, 0.717) is 24.9 Å². The fourth-order valence-corrected chi connectivity index (χ4v) is 5.45. The lowest BCUT2D eigenvalue weighted by Crippen LogP contribution is -2.48. The molecular formula is C32H37N7O3. The van der Waals surface area contributed by atoms with Gasteiger partial charge in [-0.1, -0.05) is 30.9 Å². The van der Waals surface area contributed by atoms with Gasteiger partial charge in [0.05, 0.1) is 12.2 Å². The van der Waals surface area contributed by atoms with Crippen LogP contribution in [0.5, 0.6) is 0 Å². The van der Waals surface area contributed by atoms with E-state index in [9.17, 15) is 9.59 Å².